The van der Waals surface area contributed by atoms with Crippen molar-refractivity contribution in [3.63, 3.8) is 0 Å². The van der Waals surface area contributed by atoms with E-state index in [2.05, 4.69) is 0 Å². The number of hydrogen-bond acceptors (Lipinski definition) is 3. The molecule has 1 N–H and O–H groups in total. The monoisotopic (exact) mass is 242 g/mol. The van der Waals surface area contributed by atoms with Crippen LogP contribution < -0.4 is 0 Å². The predicted octanol–water partition coefficient (Wildman–Crippen LogP) is 2.52. The lowest BCUT2D eigenvalue weighted by Crippen LogP contribution is -2.23. The molecule has 88 valence electrons. The third-order valence-corrected chi connectivity index (χ3v) is 2.92. The number of rotatable bonds is 2. The van der Waals surface area contributed by atoms with Crippen molar-refractivity contribution in [3.8, 4) is 0 Å². The Hall–Kier alpha value is -0.610. The summed E-state index contributed by atoms with van der Waals surface area (Å²) in [5.74, 6) is -0.683. The van der Waals surface area contributed by atoms with Crippen LogP contribution in [-0.4, -0.2) is 23.6 Å². The van der Waals surface area contributed by atoms with Gasteiger partial charge in [-0.05, 0) is 19.9 Å². The normalized spacial score (nSPS) is 28.2. The Bertz CT molecular complexity index is 378. The summed E-state index contributed by atoms with van der Waals surface area (Å²) in [4.78, 5) is 0. The van der Waals surface area contributed by atoms with Gasteiger partial charge in [0.05, 0.1) is 6.61 Å². The van der Waals surface area contributed by atoms with E-state index in [1.807, 2.05) is 32.0 Å². The Morgan fingerprint density at radius 3 is 2.62 bits per heavy atom. The zero-order chi connectivity index (χ0) is 11.8. The van der Waals surface area contributed by atoms with Crippen molar-refractivity contribution in [3.05, 3.63) is 34.9 Å². The van der Waals surface area contributed by atoms with Crippen LogP contribution in [0.5, 0.6) is 0 Å². The first-order valence-electron chi connectivity index (χ1n) is 5.24. The number of aliphatic hydroxyl groups is 1. The second-order valence-corrected chi connectivity index (χ2v) is 4.71. The van der Waals surface area contributed by atoms with Crippen LogP contribution in [0.4, 0.5) is 0 Å². The fraction of sp³-hybridized carbons (Fsp3) is 0.500. The van der Waals surface area contributed by atoms with Gasteiger partial charge in [-0.1, -0.05) is 29.8 Å². The highest BCUT2D eigenvalue weighted by Crippen LogP contribution is 2.40. The molecule has 1 fully saturated rings. The molecule has 1 saturated heterocycles. The highest BCUT2D eigenvalue weighted by atomic mass is 35.5. The summed E-state index contributed by atoms with van der Waals surface area (Å²) in [5, 5.41) is 9.90. The van der Waals surface area contributed by atoms with Crippen LogP contribution in [0.25, 0.3) is 0 Å². The van der Waals surface area contributed by atoms with E-state index in [0.29, 0.717) is 5.02 Å². The highest BCUT2D eigenvalue weighted by Gasteiger charge is 2.42. The lowest BCUT2D eigenvalue weighted by molar-refractivity contribution is -0.149. The molecule has 0 spiro atoms. The average molecular weight is 243 g/mol. The summed E-state index contributed by atoms with van der Waals surface area (Å²) in [6.07, 6.45) is -0.677. The van der Waals surface area contributed by atoms with Gasteiger partial charge in [-0.25, -0.2) is 0 Å². The molecule has 0 bridgehead atoms. The molecule has 1 aliphatic heterocycles. The van der Waals surface area contributed by atoms with E-state index in [1.54, 1.807) is 6.07 Å². The van der Waals surface area contributed by atoms with Gasteiger partial charge in [0.25, 0.3) is 0 Å². The molecule has 1 aliphatic rings. The first-order valence-corrected chi connectivity index (χ1v) is 5.62. The van der Waals surface area contributed by atoms with E-state index in [9.17, 15) is 5.11 Å². The van der Waals surface area contributed by atoms with Crippen LogP contribution in [0.1, 0.15) is 25.5 Å². The maximum absolute atomic E-state index is 9.27. The smallest absolute Gasteiger partial charge is 0.164 e. The summed E-state index contributed by atoms with van der Waals surface area (Å²) in [7, 11) is 0. The molecule has 16 heavy (non-hydrogen) atoms. The Morgan fingerprint density at radius 1 is 1.31 bits per heavy atom. The van der Waals surface area contributed by atoms with Gasteiger partial charge < -0.3 is 14.6 Å². The zero-order valence-electron chi connectivity index (χ0n) is 9.31. The molecular weight excluding hydrogens is 228 g/mol. The molecule has 0 aromatic heterocycles. The number of ether oxygens (including phenoxy) is 2. The Morgan fingerprint density at radius 2 is 2.00 bits per heavy atom. The van der Waals surface area contributed by atoms with Crippen LogP contribution in [0.2, 0.25) is 5.02 Å². The van der Waals surface area contributed by atoms with Gasteiger partial charge in [-0.15, -0.1) is 0 Å². The minimum atomic E-state index is -0.683. The van der Waals surface area contributed by atoms with Gasteiger partial charge in [0, 0.05) is 10.6 Å². The molecule has 4 heteroatoms. The van der Waals surface area contributed by atoms with Crippen molar-refractivity contribution in [2.75, 3.05) is 6.61 Å². The quantitative estimate of drug-likeness (QED) is 0.866. The number of aliphatic hydroxyl groups excluding tert-OH is 1. The first kappa shape index (κ1) is 11.9. The van der Waals surface area contributed by atoms with Crippen molar-refractivity contribution in [2.45, 2.75) is 31.8 Å². The average Bonchev–Trinajstić information content (AvgIpc) is 2.54. The number of halogens is 1. The van der Waals surface area contributed by atoms with Crippen molar-refractivity contribution >= 4 is 11.6 Å². The van der Waals surface area contributed by atoms with Crippen LogP contribution in [0, 0.1) is 0 Å². The molecule has 2 rings (SSSR count). The second kappa shape index (κ2) is 4.34. The predicted molar refractivity (Wildman–Crippen MR) is 61.3 cm³/mol. The summed E-state index contributed by atoms with van der Waals surface area (Å²) >= 11 is 6.10. The zero-order valence-corrected chi connectivity index (χ0v) is 10.1. The van der Waals surface area contributed by atoms with Gasteiger partial charge in [-0.2, -0.15) is 0 Å². The largest absolute Gasteiger partial charge is 0.394 e. The SMILES string of the molecule is CC1(C)O[C@@H](CO)[C@@H](c2ccccc2Cl)O1. The van der Waals surface area contributed by atoms with Gasteiger partial charge in [0.15, 0.2) is 5.79 Å². The molecule has 0 amide bonds. The number of hydrogen-bond donors (Lipinski definition) is 1. The van der Waals surface area contributed by atoms with E-state index >= 15 is 0 Å². The number of benzene rings is 1. The van der Waals surface area contributed by atoms with Gasteiger partial charge in [-0.3, -0.25) is 0 Å². The van der Waals surface area contributed by atoms with E-state index in [0.717, 1.165) is 5.56 Å². The van der Waals surface area contributed by atoms with Crippen molar-refractivity contribution in [2.24, 2.45) is 0 Å². The van der Waals surface area contributed by atoms with Crippen molar-refractivity contribution < 1.29 is 14.6 Å². The molecule has 1 aromatic carbocycles. The third kappa shape index (κ3) is 2.23. The van der Waals surface area contributed by atoms with Gasteiger partial charge in [0.1, 0.15) is 12.2 Å². The summed E-state index contributed by atoms with van der Waals surface area (Å²) in [5.41, 5.74) is 0.855. The van der Waals surface area contributed by atoms with Crippen LogP contribution in [-0.2, 0) is 9.47 Å². The molecule has 1 heterocycles. The Labute approximate surface area is 99.9 Å². The fourth-order valence-electron chi connectivity index (χ4n) is 1.94. The molecule has 1 aromatic rings. The topological polar surface area (TPSA) is 38.7 Å². The maximum Gasteiger partial charge on any atom is 0.164 e. The van der Waals surface area contributed by atoms with Gasteiger partial charge in [0.2, 0.25) is 0 Å². The van der Waals surface area contributed by atoms with E-state index in [4.69, 9.17) is 21.1 Å². The minimum Gasteiger partial charge on any atom is -0.394 e. The van der Waals surface area contributed by atoms with Crippen LogP contribution in [0.15, 0.2) is 24.3 Å². The van der Waals surface area contributed by atoms with E-state index < -0.39 is 5.79 Å². The lowest BCUT2D eigenvalue weighted by atomic mass is 10.1. The summed E-state index contributed by atoms with van der Waals surface area (Å²) in [6, 6.07) is 7.45. The van der Waals surface area contributed by atoms with Crippen molar-refractivity contribution in [1.82, 2.24) is 0 Å². The Kier molecular flexibility index (Phi) is 3.22. The summed E-state index contributed by atoms with van der Waals surface area (Å²) in [6.45, 7) is 3.57. The lowest BCUT2D eigenvalue weighted by Gasteiger charge is -2.17. The van der Waals surface area contributed by atoms with Gasteiger partial charge >= 0.3 is 0 Å². The molecule has 0 unspecified atom stereocenters. The van der Waals surface area contributed by atoms with Crippen LogP contribution >= 0.6 is 11.6 Å². The summed E-state index contributed by atoms with van der Waals surface area (Å²) < 4.78 is 11.3. The van der Waals surface area contributed by atoms with E-state index in [-0.39, 0.29) is 18.8 Å². The fourth-order valence-corrected chi connectivity index (χ4v) is 2.18. The molecule has 0 aliphatic carbocycles. The Balaban J connectivity index is 2.30. The van der Waals surface area contributed by atoms with Crippen LogP contribution in [0.3, 0.4) is 0 Å². The molecular formula is C12H15ClO3. The van der Waals surface area contributed by atoms with Crippen molar-refractivity contribution in [1.29, 1.82) is 0 Å². The molecule has 3 nitrogen and oxygen atoms in total. The third-order valence-electron chi connectivity index (χ3n) is 2.58. The molecule has 0 saturated carbocycles. The highest BCUT2D eigenvalue weighted by molar-refractivity contribution is 6.31. The maximum atomic E-state index is 9.27. The molecule has 0 radical (unpaired) electrons. The molecule has 2 atom stereocenters. The standard InChI is InChI=1S/C12H15ClO3/c1-12(2)15-10(7-14)11(16-12)8-5-3-4-6-9(8)13/h3-6,10-11,14H,7H2,1-2H3/t10-,11+/m0/s1. The first-order chi connectivity index (χ1) is 7.53. The minimum absolute atomic E-state index is 0.0840. The van der Waals surface area contributed by atoms with E-state index in [1.165, 1.54) is 0 Å². The second-order valence-electron chi connectivity index (χ2n) is 4.30.